The minimum atomic E-state index is -1.35. The van der Waals surface area contributed by atoms with Crippen molar-refractivity contribution in [2.45, 2.75) is 6.42 Å². The van der Waals surface area contributed by atoms with E-state index in [2.05, 4.69) is 127 Å². The van der Waals surface area contributed by atoms with E-state index in [-0.39, 0.29) is 59.8 Å². The van der Waals surface area contributed by atoms with Gasteiger partial charge < -0.3 is 19.7 Å². The zero-order chi connectivity index (χ0) is 26.8. The molecule has 0 fully saturated rings. The highest BCUT2D eigenvalue weighted by Crippen LogP contribution is 2.43. The van der Waals surface area contributed by atoms with E-state index in [1.807, 2.05) is 0 Å². The summed E-state index contributed by atoms with van der Waals surface area (Å²) in [5.41, 5.74) is -1.03. The van der Waals surface area contributed by atoms with Gasteiger partial charge in [0.25, 0.3) is 0 Å². The Bertz CT molecular complexity index is 1170. The Hall–Kier alpha value is 0.160. The van der Waals surface area contributed by atoms with E-state index in [1.165, 1.54) is 0 Å². The van der Waals surface area contributed by atoms with Crippen LogP contribution in [0.4, 0.5) is 0 Å². The first-order chi connectivity index (χ1) is 16.2. The molecule has 0 saturated carbocycles. The van der Waals surface area contributed by atoms with Gasteiger partial charge in [0, 0.05) is 42.2 Å². The Labute approximate surface area is 264 Å². The van der Waals surface area contributed by atoms with Gasteiger partial charge in [0.05, 0.1) is 35.5 Å². The second-order valence-electron chi connectivity index (χ2n) is 6.25. The van der Waals surface area contributed by atoms with Crippen LogP contribution < -0.4 is 0 Å². The molecule has 0 heterocycles. The second kappa shape index (κ2) is 13.3. The van der Waals surface area contributed by atoms with Crippen molar-refractivity contribution in [3.8, 4) is 0 Å². The summed E-state index contributed by atoms with van der Waals surface area (Å²) in [6.07, 6.45) is 0.0647. The summed E-state index contributed by atoms with van der Waals surface area (Å²) in [7, 11) is 0. The smallest absolute Gasteiger partial charge is 0.340 e. The van der Waals surface area contributed by atoms with Crippen molar-refractivity contribution < 1.29 is 38.9 Å². The van der Waals surface area contributed by atoms with Gasteiger partial charge in [0.1, 0.15) is 0 Å². The largest absolute Gasteiger partial charge is 0.478 e. The predicted octanol–water partition coefficient (Wildman–Crippen LogP) is 8.59. The first-order valence-corrected chi connectivity index (χ1v) is 15.1. The zero-order valence-corrected chi connectivity index (χ0v) is 29.2. The fourth-order valence-corrected chi connectivity index (χ4v) is 7.48. The Kier molecular flexibility index (Phi) is 11.9. The Balaban J connectivity index is 2.12. The van der Waals surface area contributed by atoms with E-state index >= 15 is 0 Å². The van der Waals surface area contributed by atoms with Crippen LogP contribution in [-0.2, 0) is 9.47 Å². The number of hydrogen-bond donors (Lipinski definition) is 2. The normalized spacial score (nSPS) is 10.7. The molecule has 2 rings (SSSR count). The van der Waals surface area contributed by atoms with Gasteiger partial charge in [0.2, 0.25) is 0 Å². The fraction of sp³-hybridized carbons (Fsp3) is 0.158. The van der Waals surface area contributed by atoms with Crippen LogP contribution >= 0.6 is 127 Å². The molecule has 0 saturated heterocycles. The maximum absolute atomic E-state index is 12.6. The average Bonchev–Trinajstić information content (AvgIpc) is 2.79. The third kappa shape index (κ3) is 6.79. The van der Waals surface area contributed by atoms with Crippen LogP contribution in [0.15, 0.2) is 35.8 Å². The van der Waals surface area contributed by atoms with Gasteiger partial charge in [0.15, 0.2) is 0 Å². The van der Waals surface area contributed by atoms with Crippen LogP contribution in [0.2, 0.25) is 0 Å². The topological polar surface area (TPSA) is 127 Å². The maximum Gasteiger partial charge on any atom is 0.340 e. The van der Waals surface area contributed by atoms with Crippen molar-refractivity contribution >= 4 is 151 Å². The third-order valence-corrected chi connectivity index (χ3v) is 13.7. The number of carbonyl (C=O) groups is 4. The van der Waals surface area contributed by atoms with Gasteiger partial charge in [-0.2, -0.15) is 0 Å². The zero-order valence-electron chi connectivity index (χ0n) is 16.5. The van der Waals surface area contributed by atoms with Gasteiger partial charge in [-0.05, 0) is 127 Å². The highest BCUT2D eigenvalue weighted by molar-refractivity contribution is 9.15. The van der Waals surface area contributed by atoms with Gasteiger partial charge in [-0.15, -0.1) is 0 Å². The van der Waals surface area contributed by atoms with E-state index in [1.54, 1.807) is 0 Å². The van der Waals surface area contributed by atoms with Crippen LogP contribution in [0.5, 0.6) is 0 Å². The highest BCUT2D eigenvalue weighted by atomic mass is 79.9. The van der Waals surface area contributed by atoms with Crippen molar-refractivity contribution in [1.82, 2.24) is 0 Å². The van der Waals surface area contributed by atoms with E-state index < -0.39 is 23.9 Å². The van der Waals surface area contributed by atoms with Crippen LogP contribution in [0.3, 0.4) is 0 Å². The molecule has 0 atom stereocenters. The summed E-state index contributed by atoms with van der Waals surface area (Å²) < 4.78 is 12.6. The molecule has 2 aromatic carbocycles. The molecular formula is C19H8Br8O8. The van der Waals surface area contributed by atoms with Crippen LogP contribution in [0.1, 0.15) is 47.9 Å². The number of carbonyl (C=O) groups excluding carboxylic acids is 2. The number of esters is 2. The van der Waals surface area contributed by atoms with Crippen molar-refractivity contribution in [1.29, 1.82) is 0 Å². The van der Waals surface area contributed by atoms with Gasteiger partial charge in [-0.25, -0.2) is 19.2 Å². The lowest BCUT2D eigenvalue weighted by Gasteiger charge is -2.15. The molecule has 0 unspecified atom stereocenters. The number of benzene rings is 2. The second-order valence-corrected chi connectivity index (χ2v) is 12.6. The van der Waals surface area contributed by atoms with E-state index in [9.17, 15) is 29.4 Å². The molecule has 8 nitrogen and oxygen atoms in total. The summed E-state index contributed by atoms with van der Waals surface area (Å²) >= 11 is 25.7. The molecular weight excluding hydrogens is 995 g/mol. The molecule has 0 aliphatic heterocycles. The summed E-state index contributed by atoms with van der Waals surface area (Å²) in [6.45, 7) is -0.410. The minimum absolute atomic E-state index is 0.0647. The molecule has 0 aliphatic carbocycles. The molecule has 2 N–H and O–H groups in total. The number of aromatic carboxylic acids is 2. The lowest BCUT2D eigenvalue weighted by molar-refractivity contribution is 0.0384. The van der Waals surface area contributed by atoms with E-state index in [0.29, 0.717) is 17.9 Å². The number of hydrogen-bond acceptors (Lipinski definition) is 6. The SMILES string of the molecule is O=C(O)c1c(Br)c(Br)c(Br)c(Br)c1C(=O)OCCCOC(=O)c1c(Br)c(Br)c(Br)c(Br)c1C(=O)O. The number of ether oxygens (including phenoxy) is 2. The number of rotatable bonds is 8. The number of carboxylic acids is 2. The van der Waals surface area contributed by atoms with E-state index in [4.69, 9.17) is 9.47 Å². The fourth-order valence-electron chi connectivity index (χ4n) is 2.58. The van der Waals surface area contributed by atoms with Crippen molar-refractivity contribution in [3.05, 3.63) is 58.0 Å². The molecule has 2 aromatic rings. The Morgan fingerprint density at radius 1 is 0.486 bits per heavy atom. The van der Waals surface area contributed by atoms with Crippen molar-refractivity contribution in [2.75, 3.05) is 13.2 Å². The quantitative estimate of drug-likeness (QED) is 0.117. The summed E-state index contributed by atoms with van der Waals surface area (Å²) in [5.74, 6) is -4.52. The van der Waals surface area contributed by atoms with Gasteiger partial charge >= 0.3 is 23.9 Å². The molecule has 35 heavy (non-hydrogen) atoms. The molecule has 0 spiro atoms. The monoisotopic (exact) mass is 995 g/mol. The third-order valence-electron chi connectivity index (χ3n) is 4.13. The van der Waals surface area contributed by atoms with Gasteiger partial charge in [-0.1, -0.05) is 0 Å². The summed E-state index contributed by atoms with van der Waals surface area (Å²) in [4.78, 5) is 48.7. The van der Waals surface area contributed by atoms with Gasteiger partial charge in [-0.3, -0.25) is 0 Å². The molecule has 0 amide bonds. The molecule has 0 aromatic heterocycles. The molecule has 0 aliphatic rings. The lowest BCUT2D eigenvalue weighted by atomic mass is 10.1. The Morgan fingerprint density at radius 3 is 1.00 bits per heavy atom. The Morgan fingerprint density at radius 2 is 0.743 bits per heavy atom. The summed E-state index contributed by atoms with van der Waals surface area (Å²) in [5, 5.41) is 19.1. The maximum atomic E-state index is 12.6. The van der Waals surface area contributed by atoms with Crippen LogP contribution in [-0.4, -0.2) is 47.3 Å². The number of carboxylic acid groups (broad SMARTS) is 2. The minimum Gasteiger partial charge on any atom is -0.478 e. The standard InChI is InChI=1S/C19H8Br8O8/c20-8-4(16(28)29)6(10(22)14(26)12(8)24)18(32)34-2-1-3-35-19(33)7-5(17(30)31)9(21)13(25)15(27)11(7)23/h1-3H2,(H,28,29)(H,30,31). The molecule has 16 heteroatoms. The lowest BCUT2D eigenvalue weighted by Crippen LogP contribution is -2.17. The van der Waals surface area contributed by atoms with Crippen molar-refractivity contribution in [2.24, 2.45) is 0 Å². The average molecular weight is 1000 g/mol. The van der Waals surface area contributed by atoms with Crippen LogP contribution in [0.25, 0.3) is 0 Å². The number of halogens is 8. The van der Waals surface area contributed by atoms with Crippen LogP contribution in [0, 0.1) is 0 Å². The molecule has 0 radical (unpaired) electrons. The first kappa shape index (κ1) is 31.4. The predicted molar refractivity (Wildman–Crippen MR) is 154 cm³/mol. The first-order valence-electron chi connectivity index (χ1n) is 8.76. The molecule has 188 valence electrons. The molecule has 0 bridgehead atoms. The van der Waals surface area contributed by atoms with E-state index in [0.717, 1.165) is 0 Å². The summed E-state index contributed by atoms with van der Waals surface area (Å²) in [6, 6.07) is 0. The van der Waals surface area contributed by atoms with Crippen molar-refractivity contribution in [3.63, 3.8) is 0 Å². The highest BCUT2D eigenvalue weighted by Gasteiger charge is 2.30.